The van der Waals surface area contributed by atoms with Gasteiger partial charge in [0.05, 0.1) is 12.8 Å². The lowest BCUT2D eigenvalue weighted by atomic mass is 10.1. The van der Waals surface area contributed by atoms with Crippen LogP contribution in [0.15, 0.2) is 60.7 Å². The van der Waals surface area contributed by atoms with Gasteiger partial charge >= 0.3 is 0 Å². The Kier molecular flexibility index (Phi) is 5.35. The van der Waals surface area contributed by atoms with Gasteiger partial charge in [-0.2, -0.15) is 0 Å². The summed E-state index contributed by atoms with van der Waals surface area (Å²) in [5.41, 5.74) is 4.22. The van der Waals surface area contributed by atoms with Gasteiger partial charge in [0.2, 0.25) is 0 Å². The molecule has 32 heavy (non-hydrogen) atoms. The predicted octanol–water partition coefficient (Wildman–Crippen LogP) is 4.64. The number of piperazine rings is 1. The Morgan fingerprint density at radius 1 is 0.750 bits per heavy atom. The highest BCUT2D eigenvalue weighted by atomic mass is 16.5. The van der Waals surface area contributed by atoms with Crippen LogP contribution in [0.3, 0.4) is 0 Å². The first kappa shape index (κ1) is 20.2. The summed E-state index contributed by atoms with van der Waals surface area (Å²) >= 11 is 0. The highest BCUT2D eigenvalue weighted by Crippen LogP contribution is 2.30. The molecule has 0 saturated carbocycles. The molecule has 1 fully saturated rings. The molecule has 2 aromatic heterocycles. The number of hydrogen-bond donors (Lipinski definition) is 0. The Hall–Kier alpha value is -3.67. The third-order valence-electron chi connectivity index (χ3n) is 6.04. The van der Waals surface area contributed by atoms with E-state index < -0.39 is 0 Å². The van der Waals surface area contributed by atoms with E-state index in [9.17, 15) is 0 Å². The van der Waals surface area contributed by atoms with E-state index in [4.69, 9.17) is 14.7 Å². The topological polar surface area (TPSA) is 54.4 Å². The molecular formula is C26H27N5O. The largest absolute Gasteiger partial charge is 0.494 e. The zero-order valence-electron chi connectivity index (χ0n) is 18.7. The summed E-state index contributed by atoms with van der Waals surface area (Å²) in [6.45, 7) is 7.64. The number of benzene rings is 2. The first-order valence-corrected chi connectivity index (χ1v) is 11.0. The second-order valence-electron chi connectivity index (χ2n) is 8.15. The van der Waals surface area contributed by atoms with E-state index in [0.717, 1.165) is 71.5 Å². The highest BCUT2D eigenvalue weighted by Gasteiger charge is 2.21. The van der Waals surface area contributed by atoms with Gasteiger partial charge in [-0.25, -0.2) is 15.0 Å². The highest BCUT2D eigenvalue weighted by molar-refractivity contribution is 5.89. The fourth-order valence-electron chi connectivity index (χ4n) is 4.34. The SMILES string of the molecule is COc1cccc2c(C)cc(N3CCN(c4cc(-c5ccccc5)nc(C)n4)CC3)nc12. The van der Waals surface area contributed by atoms with Crippen molar-refractivity contribution in [2.75, 3.05) is 43.1 Å². The Morgan fingerprint density at radius 2 is 1.44 bits per heavy atom. The fourth-order valence-corrected chi connectivity index (χ4v) is 4.34. The molecule has 0 bridgehead atoms. The summed E-state index contributed by atoms with van der Waals surface area (Å²) in [5, 5.41) is 1.14. The lowest BCUT2D eigenvalue weighted by Gasteiger charge is -2.36. The molecule has 1 aliphatic rings. The molecule has 6 heteroatoms. The predicted molar refractivity (Wildman–Crippen MR) is 130 cm³/mol. The number of ether oxygens (including phenoxy) is 1. The first-order valence-electron chi connectivity index (χ1n) is 11.0. The Labute approximate surface area is 188 Å². The number of methoxy groups -OCH3 is 1. The van der Waals surface area contributed by atoms with Crippen LogP contribution in [0.4, 0.5) is 11.6 Å². The van der Waals surface area contributed by atoms with E-state index in [2.05, 4.69) is 52.0 Å². The van der Waals surface area contributed by atoms with Crippen molar-refractivity contribution in [2.24, 2.45) is 0 Å². The molecule has 0 amide bonds. The van der Waals surface area contributed by atoms with Crippen LogP contribution in [0.25, 0.3) is 22.2 Å². The van der Waals surface area contributed by atoms with Crippen LogP contribution in [0, 0.1) is 13.8 Å². The average Bonchev–Trinajstić information content (AvgIpc) is 2.84. The number of hydrogen-bond acceptors (Lipinski definition) is 6. The van der Waals surface area contributed by atoms with Crippen LogP contribution in [-0.2, 0) is 0 Å². The maximum Gasteiger partial charge on any atom is 0.145 e. The summed E-state index contributed by atoms with van der Waals surface area (Å²) in [6, 6.07) is 20.6. The third-order valence-corrected chi connectivity index (χ3v) is 6.04. The number of aryl methyl sites for hydroxylation is 2. The minimum Gasteiger partial charge on any atom is -0.494 e. The van der Waals surface area contributed by atoms with Crippen molar-refractivity contribution in [3.8, 4) is 17.0 Å². The molecule has 6 nitrogen and oxygen atoms in total. The van der Waals surface area contributed by atoms with Crippen molar-refractivity contribution in [3.05, 3.63) is 72.1 Å². The van der Waals surface area contributed by atoms with Gasteiger partial charge in [-0.05, 0) is 31.5 Å². The molecule has 0 spiro atoms. The fraction of sp³-hybridized carbons (Fsp3) is 0.269. The first-order chi connectivity index (χ1) is 15.6. The van der Waals surface area contributed by atoms with E-state index in [1.54, 1.807) is 7.11 Å². The van der Waals surface area contributed by atoms with Gasteiger partial charge in [0.25, 0.3) is 0 Å². The number of aromatic nitrogens is 3. The standard InChI is InChI=1S/C26H27N5O/c1-18-16-24(29-26-21(18)10-7-11-23(26)32-3)30-12-14-31(15-13-30)25-17-22(27-19(2)28-25)20-8-5-4-6-9-20/h4-11,16-17H,12-15H2,1-3H3. The molecule has 4 aromatic rings. The van der Waals surface area contributed by atoms with E-state index >= 15 is 0 Å². The summed E-state index contributed by atoms with van der Waals surface area (Å²) < 4.78 is 5.56. The molecule has 0 atom stereocenters. The number of rotatable bonds is 4. The quantitative estimate of drug-likeness (QED) is 0.475. The van der Waals surface area contributed by atoms with Gasteiger partial charge in [-0.15, -0.1) is 0 Å². The van der Waals surface area contributed by atoms with E-state index in [0.29, 0.717) is 0 Å². The van der Waals surface area contributed by atoms with E-state index in [1.165, 1.54) is 5.56 Å². The molecule has 162 valence electrons. The van der Waals surface area contributed by atoms with Crippen LogP contribution in [-0.4, -0.2) is 48.2 Å². The molecule has 3 heterocycles. The van der Waals surface area contributed by atoms with Gasteiger partial charge in [-0.3, -0.25) is 0 Å². The average molecular weight is 426 g/mol. The maximum atomic E-state index is 5.56. The van der Waals surface area contributed by atoms with Gasteiger partial charge in [0.1, 0.15) is 28.7 Å². The number of pyridine rings is 1. The minimum absolute atomic E-state index is 0.794. The van der Waals surface area contributed by atoms with Crippen molar-refractivity contribution >= 4 is 22.5 Å². The monoisotopic (exact) mass is 425 g/mol. The molecule has 0 N–H and O–H groups in total. The normalized spacial score (nSPS) is 14.1. The summed E-state index contributed by atoms with van der Waals surface area (Å²) in [4.78, 5) is 19.0. The number of fused-ring (bicyclic) bond motifs is 1. The Morgan fingerprint density at radius 3 is 2.12 bits per heavy atom. The molecule has 1 saturated heterocycles. The zero-order chi connectivity index (χ0) is 22.1. The van der Waals surface area contributed by atoms with Crippen LogP contribution in [0.5, 0.6) is 5.75 Å². The Balaban J connectivity index is 1.38. The van der Waals surface area contributed by atoms with Crippen molar-refractivity contribution in [1.29, 1.82) is 0 Å². The van der Waals surface area contributed by atoms with Crippen molar-refractivity contribution < 1.29 is 4.74 Å². The third kappa shape index (κ3) is 3.84. The molecule has 5 rings (SSSR count). The van der Waals surface area contributed by atoms with Crippen molar-refractivity contribution in [2.45, 2.75) is 13.8 Å². The summed E-state index contributed by atoms with van der Waals surface area (Å²) in [6.07, 6.45) is 0. The number of para-hydroxylation sites is 1. The summed E-state index contributed by atoms with van der Waals surface area (Å²) in [5.74, 6) is 3.60. The second kappa shape index (κ2) is 8.46. The van der Waals surface area contributed by atoms with Gasteiger partial charge in [0.15, 0.2) is 0 Å². The number of anilines is 2. The second-order valence-corrected chi connectivity index (χ2v) is 8.15. The van der Waals surface area contributed by atoms with Crippen LogP contribution in [0.2, 0.25) is 0 Å². The molecular weight excluding hydrogens is 398 g/mol. The molecule has 0 aliphatic carbocycles. The van der Waals surface area contributed by atoms with E-state index in [-0.39, 0.29) is 0 Å². The van der Waals surface area contributed by atoms with Crippen molar-refractivity contribution in [3.63, 3.8) is 0 Å². The van der Waals surface area contributed by atoms with Crippen molar-refractivity contribution in [1.82, 2.24) is 15.0 Å². The maximum absolute atomic E-state index is 5.56. The molecule has 2 aromatic carbocycles. The molecule has 1 aliphatic heterocycles. The smallest absolute Gasteiger partial charge is 0.145 e. The zero-order valence-corrected chi connectivity index (χ0v) is 18.7. The van der Waals surface area contributed by atoms with Crippen LogP contribution in [0.1, 0.15) is 11.4 Å². The van der Waals surface area contributed by atoms with Gasteiger partial charge in [-0.1, -0.05) is 42.5 Å². The minimum atomic E-state index is 0.794. The Bertz CT molecular complexity index is 1250. The van der Waals surface area contributed by atoms with E-state index in [1.807, 2.05) is 37.3 Å². The molecule has 0 unspecified atom stereocenters. The van der Waals surface area contributed by atoms with Gasteiger partial charge < -0.3 is 14.5 Å². The lowest BCUT2D eigenvalue weighted by molar-refractivity contribution is 0.419. The summed E-state index contributed by atoms with van der Waals surface area (Å²) in [7, 11) is 1.70. The van der Waals surface area contributed by atoms with Crippen LogP contribution < -0.4 is 14.5 Å². The lowest BCUT2D eigenvalue weighted by Crippen LogP contribution is -2.47. The molecule has 0 radical (unpaired) electrons. The van der Waals surface area contributed by atoms with Gasteiger partial charge in [0, 0.05) is 43.2 Å². The van der Waals surface area contributed by atoms with Crippen LogP contribution >= 0.6 is 0 Å². The number of nitrogens with zero attached hydrogens (tertiary/aromatic N) is 5.